The summed E-state index contributed by atoms with van der Waals surface area (Å²) in [4.78, 5) is 14.8. The van der Waals surface area contributed by atoms with Crippen LogP contribution in [0.4, 0.5) is 0 Å². The third-order valence-corrected chi connectivity index (χ3v) is 4.70. The Morgan fingerprint density at radius 2 is 1.89 bits per heavy atom. The third-order valence-electron chi connectivity index (χ3n) is 4.70. The summed E-state index contributed by atoms with van der Waals surface area (Å²) in [5, 5.41) is 2.97. The molecule has 0 radical (unpaired) electrons. The van der Waals surface area contributed by atoms with E-state index in [0.717, 1.165) is 44.8 Å². The van der Waals surface area contributed by atoms with Gasteiger partial charge in [-0.3, -0.25) is 9.69 Å². The van der Waals surface area contributed by atoms with E-state index in [1.54, 1.807) is 25.3 Å². The third kappa shape index (κ3) is 5.97. The van der Waals surface area contributed by atoms with Gasteiger partial charge < -0.3 is 19.5 Å². The van der Waals surface area contributed by atoms with Gasteiger partial charge in [0.1, 0.15) is 6.61 Å². The van der Waals surface area contributed by atoms with Crippen molar-refractivity contribution < 1.29 is 19.0 Å². The summed E-state index contributed by atoms with van der Waals surface area (Å²) in [6.07, 6.45) is 0.918. The summed E-state index contributed by atoms with van der Waals surface area (Å²) in [7, 11) is 1.58. The lowest BCUT2D eigenvalue weighted by Crippen LogP contribution is -2.38. The van der Waals surface area contributed by atoms with E-state index in [9.17, 15) is 4.79 Å². The van der Waals surface area contributed by atoms with Crippen molar-refractivity contribution in [3.8, 4) is 11.5 Å². The second-order valence-electron chi connectivity index (χ2n) is 6.70. The maximum Gasteiger partial charge on any atom is 0.251 e. The predicted octanol–water partition coefficient (Wildman–Crippen LogP) is 2.73. The fourth-order valence-electron chi connectivity index (χ4n) is 3.09. The van der Waals surface area contributed by atoms with Gasteiger partial charge in [0.2, 0.25) is 0 Å². The van der Waals surface area contributed by atoms with Gasteiger partial charge in [0.25, 0.3) is 5.91 Å². The standard InChI is InChI=1S/C22H28N2O4/c1-26-21-16-19(8-9-20(21)28-17-18-6-3-2-4-7-18)22(25)23-10-5-11-24-12-14-27-15-13-24/h2-4,6-9,16H,5,10-15,17H2,1H3,(H,23,25). The average molecular weight is 384 g/mol. The van der Waals surface area contributed by atoms with Gasteiger partial charge in [-0.05, 0) is 36.7 Å². The molecule has 1 aliphatic heterocycles. The molecule has 1 aliphatic rings. The number of hydrogen-bond donors (Lipinski definition) is 1. The Balaban J connectivity index is 1.48. The molecule has 2 aromatic carbocycles. The van der Waals surface area contributed by atoms with E-state index in [1.165, 1.54) is 0 Å². The second kappa shape index (κ2) is 10.7. The number of benzene rings is 2. The van der Waals surface area contributed by atoms with E-state index >= 15 is 0 Å². The van der Waals surface area contributed by atoms with Crippen molar-refractivity contribution in [1.82, 2.24) is 10.2 Å². The van der Waals surface area contributed by atoms with Crippen LogP contribution in [-0.2, 0) is 11.3 Å². The largest absolute Gasteiger partial charge is 0.493 e. The van der Waals surface area contributed by atoms with Crippen LogP contribution in [0.3, 0.4) is 0 Å². The Morgan fingerprint density at radius 3 is 2.64 bits per heavy atom. The first-order valence-corrected chi connectivity index (χ1v) is 9.69. The molecule has 1 saturated heterocycles. The molecule has 0 bridgehead atoms. The summed E-state index contributed by atoms with van der Waals surface area (Å²) in [6.45, 7) is 5.59. The minimum Gasteiger partial charge on any atom is -0.493 e. The molecular weight excluding hydrogens is 356 g/mol. The molecule has 1 amide bonds. The molecule has 1 N–H and O–H groups in total. The Labute approximate surface area is 166 Å². The zero-order chi connectivity index (χ0) is 19.6. The molecule has 6 nitrogen and oxygen atoms in total. The minimum absolute atomic E-state index is 0.102. The molecule has 0 atom stereocenters. The lowest BCUT2D eigenvalue weighted by atomic mass is 10.2. The summed E-state index contributed by atoms with van der Waals surface area (Å²) in [5.74, 6) is 1.07. The number of nitrogens with one attached hydrogen (secondary N) is 1. The van der Waals surface area contributed by atoms with Gasteiger partial charge in [0.15, 0.2) is 11.5 Å². The molecule has 0 unspecified atom stereocenters. The Morgan fingerprint density at radius 1 is 1.11 bits per heavy atom. The number of rotatable bonds is 9. The SMILES string of the molecule is COc1cc(C(=O)NCCCN2CCOCC2)ccc1OCc1ccccc1. The van der Waals surface area contributed by atoms with Gasteiger partial charge in [-0.25, -0.2) is 0 Å². The molecular formula is C22H28N2O4. The molecule has 28 heavy (non-hydrogen) atoms. The quantitative estimate of drug-likeness (QED) is 0.674. The number of nitrogens with zero attached hydrogens (tertiary/aromatic N) is 1. The fraction of sp³-hybridized carbons (Fsp3) is 0.409. The van der Waals surface area contributed by atoms with Gasteiger partial charge >= 0.3 is 0 Å². The van der Waals surface area contributed by atoms with Crippen molar-refractivity contribution in [2.45, 2.75) is 13.0 Å². The Bertz CT molecular complexity index is 745. The molecule has 1 fully saturated rings. The molecule has 6 heteroatoms. The number of hydrogen-bond acceptors (Lipinski definition) is 5. The second-order valence-corrected chi connectivity index (χ2v) is 6.70. The number of ether oxygens (including phenoxy) is 3. The maximum absolute atomic E-state index is 12.4. The monoisotopic (exact) mass is 384 g/mol. The van der Waals surface area contributed by atoms with Gasteiger partial charge in [-0.1, -0.05) is 30.3 Å². The van der Waals surface area contributed by atoms with Gasteiger partial charge in [0, 0.05) is 25.2 Å². The predicted molar refractivity (Wildman–Crippen MR) is 108 cm³/mol. The number of carbonyl (C=O) groups is 1. The first-order valence-electron chi connectivity index (χ1n) is 9.69. The number of morpholine rings is 1. The van der Waals surface area contributed by atoms with Crippen molar-refractivity contribution in [3.63, 3.8) is 0 Å². The highest BCUT2D eigenvalue weighted by molar-refractivity contribution is 5.94. The highest BCUT2D eigenvalue weighted by Gasteiger charge is 2.12. The Kier molecular flexibility index (Phi) is 7.70. The van der Waals surface area contributed by atoms with Crippen LogP contribution >= 0.6 is 0 Å². The van der Waals surface area contributed by atoms with E-state index in [0.29, 0.717) is 30.2 Å². The molecule has 0 aliphatic carbocycles. The van der Waals surface area contributed by atoms with E-state index in [2.05, 4.69) is 10.2 Å². The van der Waals surface area contributed by atoms with Crippen LogP contribution < -0.4 is 14.8 Å². The molecule has 150 valence electrons. The van der Waals surface area contributed by atoms with Crippen LogP contribution in [0.25, 0.3) is 0 Å². The smallest absolute Gasteiger partial charge is 0.251 e. The van der Waals surface area contributed by atoms with Crippen molar-refractivity contribution in [2.75, 3.05) is 46.5 Å². The molecule has 3 rings (SSSR count). The topological polar surface area (TPSA) is 60.0 Å². The summed E-state index contributed by atoms with van der Waals surface area (Å²) in [5.41, 5.74) is 1.64. The maximum atomic E-state index is 12.4. The van der Waals surface area contributed by atoms with E-state index in [-0.39, 0.29) is 5.91 Å². The highest BCUT2D eigenvalue weighted by atomic mass is 16.5. The van der Waals surface area contributed by atoms with Crippen molar-refractivity contribution in [1.29, 1.82) is 0 Å². The van der Waals surface area contributed by atoms with E-state index in [4.69, 9.17) is 14.2 Å². The van der Waals surface area contributed by atoms with Crippen LogP contribution in [-0.4, -0.2) is 57.3 Å². The highest BCUT2D eigenvalue weighted by Crippen LogP contribution is 2.28. The van der Waals surface area contributed by atoms with Gasteiger partial charge in [0.05, 0.1) is 20.3 Å². The van der Waals surface area contributed by atoms with Crippen LogP contribution in [0.15, 0.2) is 48.5 Å². The lowest BCUT2D eigenvalue weighted by Gasteiger charge is -2.26. The number of amides is 1. The van der Waals surface area contributed by atoms with Crippen LogP contribution in [0.2, 0.25) is 0 Å². The fourth-order valence-corrected chi connectivity index (χ4v) is 3.09. The van der Waals surface area contributed by atoms with Gasteiger partial charge in [-0.2, -0.15) is 0 Å². The van der Waals surface area contributed by atoms with Crippen molar-refractivity contribution in [2.24, 2.45) is 0 Å². The summed E-state index contributed by atoms with van der Waals surface area (Å²) >= 11 is 0. The first-order chi connectivity index (χ1) is 13.8. The number of carbonyl (C=O) groups excluding carboxylic acids is 1. The zero-order valence-electron chi connectivity index (χ0n) is 16.4. The van der Waals surface area contributed by atoms with Crippen molar-refractivity contribution >= 4 is 5.91 Å². The molecule has 0 saturated carbocycles. The molecule has 2 aromatic rings. The van der Waals surface area contributed by atoms with Crippen molar-refractivity contribution in [3.05, 3.63) is 59.7 Å². The average Bonchev–Trinajstić information content (AvgIpc) is 2.76. The molecule has 0 aromatic heterocycles. The molecule has 1 heterocycles. The Hall–Kier alpha value is -2.57. The van der Waals surface area contributed by atoms with Crippen LogP contribution in [0, 0.1) is 0 Å². The first kappa shape index (κ1) is 20.2. The minimum atomic E-state index is -0.102. The normalized spacial score (nSPS) is 14.5. The van der Waals surface area contributed by atoms with E-state index in [1.807, 2.05) is 30.3 Å². The summed E-state index contributed by atoms with van der Waals surface area (Å²) < 4.78 is 16.6. The summed E-state index contributed by atoms with van der Waals surface area (Å²) in [6, 6.07) is 15.2. The van der Waals surface area contributed by atoms with E-state index < -0.39 is 0 Å². The van der Waals surface area contributed by atoms with Gasteiger partial charge in [-0.15, -0.1) is 0 Å². The zero-order valence-corrected chi connectivity index (χ0v) is 16.4. The molecule has 0 spiro atoms. The number of methoxy groups -OCH3 is 1. The van der Waals surface area contributed by atoms with Crippen LogP contribution in [0.5, 0.6) is 11.5 Å². The van der Waals surface area contributed by atoms with Crippen LogP contribution in [0.1, 0.15) is 22.3 Å². The lowest BCUT2D eigenvalue weighted by molar-refractivity contribution is 0.0374.